The van der Waals surface area contributed by atoms with Crippen LogP contribution >= 0.6 is 0 Å². The molecule has 1 aliphatic heterocycles. The summed E-state index contributed by atoms with van der Waals surface area (Å²) in [7, 11) is -2.44. The summed E-state index contributed by atoms with van der Waals surface area (Å²) >= 11 is 0. The molecule has 1 aliphatic rings. The van der Waals surface area contributed by atoms with Crippen LogP contribution in [0.25, 0.3) is 0 Å². The second kappa shape index (κ2) is 9.86. The zero-order valence-corrected chi connectivity index (χ0v) is 14.4. The highest BCUT2D eigenvalue weighted by atomic mass is 28.4. The van der Waals surface area contributed by atoms with E-state index < -0.39 is 8.80 Å². The SMILES string of the molecule is CCO[Si](CCCN1CCC(N)CC1)(OCC)OCC. The van der Waals surface area contributed by atoms with Crippen molar-refractivity contribution in [2.24, 2.45) is 5.73 Å². The van der Waals surface area contributed by atoms with Gasteiger partial charge in [-0.1, -0.05) is 0 Å². The molecule has 2 N–H and O–H groups in total. The van der Waals surface area contributed by atoms with Crippen molar-refractivity contribution in [1.82, 2.24) is 4.90 Å². The Morgan fingerprint density at radius 2 is 1.50 bits per heavy atom. The van der Waals surface area contributed by atoms with Crippen LogP contribution in [0.1, 0.15) is 40.0 Å². The third-order valence-electron chi connectivity index (χ3n) is 3.68. The molecule has 1 heterocycles. The Morgan fingerprint density at radius 3 is 1.95 bits per heavy atom. The van der Waals surface area contributed by atoms with Crippen molar-refractivity contribution in [2.45, 2.75) is 52.1 Å². The lowest BCUT2D eigenvalue weighted by molar-refractivity contribution is 0.0695. The Balaban J connectivity index is 2.36. The third kappa shape index (κ3) is 6.20. The molecule has 0 aromatic heterocycles. The van der Waals surface area contributed by atoms with Crippen molar-refractivity contribution in [3.63, 3.8) is 0 Å². The summed E-state index contributed by atoms with van der Waals surface area (Å²) in [5.74, 6) is 0. The average molecular weight is 305 g/mol. The summed E-state index contributed by atoms with van der Waals surface area (Å²) in [6.07, 6.45) is 3.30. The van der Waals surface area contributed by atoms with Gasteiger partial charge in [0.1, 0.15) is 0 Å². The lowest BCUT2D eigenvalue weighted by Gasteiger charge is -2.32. The number of nitrogens with two attached hydrogens (primary N) is 1. The Labute approximate surface area is 125 Å². The van der Waals surface area contributed by atoms with Gasteiger partial charge < -0.3 is 23.9 Å². The van der Waals surface area contributed by atoms with Crippen LogP contribution in [-0.4, -0.2) is 59.2 Å². The van der Waals surface area contributed by atoms with E-state index in [0.717, 1.165) is 44.9 Å². The fourth-order valence-electron chi connectivity index (χ4n) is 2.70. The zero-order valence-electron chi connectivity index (χ0n) is 13.4. The van der Waals surface area contributed by atoms with Gasteiger partial charge >= 0.3 is 8.80 Å². The standard InChI is InChI=1S/C14H32N2O3Si/c1-4-17-20(18-5-2,19-6-3)13-7-10-16-11-8-14(15)9-12-16/h14H,4-13,15H2,1-3H3. The highest BCUT2D eigenvalue weighted by Gasteiger charge is 2.39. The van der Waals surface area contributed by atoms with E-state index in [-0.39, 0.29) is 0 Å². The number of hydrogen-bond donors (Lipinski definition) is 1. The molecule has 1 rings (SSSR count). The molecule has 0 aromatic rings. The highest BCUT2D eigenvalue weighted by Crippen LogP contribution is 2.19. The lowest BCUT2D eigenvalue weighted by atomic mass is 10.1. The minimum atomic E-state index is -2.44. The van der Waals surface area contributed by atoms with Crippen molar-refractivity contribution >= 4 is 8.80 Å². The summed E-state index contributed by atoms with van der Waals surface area (Å²) in [6.45, 7) is 11.3. The molecule has 0 radical (unpaired) electrons. The van der Waals surface area contributed by atoms with Gasteiger partial charge in [0.05, 0.1) is 0 Å². The molecule has 0 atom stereocenters. The fourth-order valence-corrected chi connectivity index (χ4v) is 5.29. The van der Waals surface area contributed by atoms with E-state index in [1.165, 1.54) is 0 Å². The van der Waals surface area contributed by atoms with E-state index in [1.807, 2.05) is 20.8 Å². The Morgan fingerprint density at radius 1 is 1.00 bits per heavy atom. The average Bonchev–Trinajstić information content (AvgIpc) is 2.42. The first-order valence-electron chi connectivity index (χ1n) is 8.05. The van der Waals surface area contributed by atoms with Gasteiger partial charge in [0.25, 0.3) is 0 Å². The quantitative estimate of drug-likeness (QED) is 0.624. The molecule has 0 unspecified atom stereocenters. The van der Waals surface area contributed by atoms with Gasteiger partial charge in [-0.3, -0.25) is 0 Å². The Hall–Kier alpha value is 0.0169. The van der Waals surface area contributed by atoms with Gasteiger partial charge in [-0.15, -0.1) is 0 Å². The molecule has 1 saturated heterocycles. The van der Waals surface area contributed by atoms with Gasteiger partial charge in [0.2, 0.25) is 0 Å². The number of piperidine rings is 1. The fraction of sp³-hybridized carbons (Fsp3) is 1.00. The van der Waals surface area contributed by atoms with E-state index in [4.69, 9.17) is 19.0 Å². The minimum Gasteiger partial charge on any atom is -0.374 e. The Kier molecular flexibility index (Phi) is 8.91. The van der Waals surface area contributed by atoms with Crippen molar-refractivity contribution in [2.75, 3.05) is 39.5 Å². The van der Waals surface area contributed by atoms with E-state index >= 15 is 0 Å². The summed E-state index contributed by atoms with van der Waals surface area (Å²) in [4.78, 5) is 2.49. The van der Waals surface area contributed by atoms with Crippen molar-refractivity contribution in [1.29, 1.82) is 0 Å². The van der Waals surface area contributed by atoms with E-state index in [1.54, 1.807) is 0 Å². The number of hydrogen-bond acceptors (Lipinski definition) is 5. The van der Waals surface area contributed by atoms with Crippen LogP contribution in [0.5, 0.6) is 0 Å². The summed E-state index contributed by atoms with van der Waals surface area (Å²) in [5, 5.41) is 0. The van der Waals surface area contributed by atoms with Gasteiger partial charge in [0.15, 0.2) is 0 Å². The zero-order chi connectivity index (χ0) is 14.8. The van der Waals surface area contributed by atoms with Crippen molar-refractivity contribution < 1.29 is 13.3 Å². The van der Waals surface area contributed by atoms with Crippen LogP contribution in [0, 0.1) is 0 Å². The molecule has 0 amide bonds. The van der Waals surface area contributed by atoms with Crippen LogP contribution in [0.2, 0.25) is 6.04 Å². The molecule has 0 aromatic carbocycles. The maximum absolute atomic E-state index is 5.93. The van der Waals surface area contributed by atoms with Gasteiger partial charge in [-0.05, 0) is 59.7 Å². The molecule has 20 heavy (non-hydrogen) atoms. The van der Waals surface area contributed by atoms with Crippen LogP contribution < -0.4 is 5.73 Å². The van der Waals surface area contributed by atoms with Crippen LogP contribution in [0.4, 0.5) is 0 Å². The van der Waals surface area contributed by atoms with Crippen LogP contribution in [-0.2, 0) is 13.3 Å². The topological polar surface area (TPSA) is 57.0 Å². The molecule has 6 heteroatoms. The summed E-state index contributed by atoms with van der Waals surface area (Å²) < 4.78 is 17.6. The number of likely N-dealkylation sites (tertiary alicyclic amines) is 1. The van der Waals surface area contributed by atoms with Gasteiger partial charge in [-0.2, -0.15) is 0 Å². The molecule has 1 fully saturated rings. The molecular weight excluding hydrogens is 272 g/mol. The first kappa shape index (κ1) is 18.1. The van der Waals surface area contributed by atoms with Gasteiger partial charge in [-0.25, -0.2) is 0 Å². The van der Waals surface area contributed by atoms with E-state index in [2.05, 4.69) is 4.90 Å². The first-order chi connectivity index (χ1) is 9.65. The second-order valence-corrected chi connectivity index (χ2v) is 8.00. The van der Waals surface area contributed by atoms with Crippen molar-refractivity contribution in [3.8, 4) is 0 Å². The lowest BCUT2D eigenvalue weighted by Crippen LogP contribution is -2.47. The van der Waals surface area contributed by atoms with Crippen molar-refractivity contribution in [3.05, 3.63) is 0 Å². The molecule has 0 aliphatic carbocycles. The summed E-state index contributed by atoms with van der Waals surface area (Å²) in [6, 6.07) is 1.31. The number of rotatable bonds is 10. The first-order valence-corrected chi connectivity index (χ1v) is 9.98. The van der Waals surface area contributed by atoms with E-state index in [0.29, 0.717) is 25.9 Å². The van der Waals surface area contributed by atoms with Crippen LogP contribution in [0.3, 0.4) is 0 Å². The predicted octanol–water partition coefficient (Wildman–Crippen LogP) is 1.85. The predicted molar refractivity (Wildman–Crippen MR) is 83.7 cm³/mol. The maximum Gasteiger partial charge on any atom is 0.500 e. The smallest absolute Gasteiger partial charge is 0.374 e. The molecule has 5 nitrogen and oxygen atoms in total. The minimum absolute atomic E-state index is 0.398. The maximum atomic E-state index is 5.93. The number of nitrogens with zero attached hydrogens (tertiary/aromatic N) is 1. The monoisotopic (exact) mass is 304 g/mol. The molecular formula is C14H32N2O3Si. The molecule has 0 bridgehead atoms. The largest absolute Gasteiger partial charge is 0.500 e. The normalized spacial score (nSPS) is 18.6. The second-order valence-electron chi connectivity index (χ2n) is 5.26. The molecule has 0 saturated carbocycles. The molecule has 120 valence electrons. The van der Waals surface area contributed by atoms with Gasteiger partial charge in [0, 0.05) is 31.9 Å². The van der Waals surface area contributed by atoms with Crippen LogP contribution in [0.15, 0.2) is 0 Å². The third-order valence-corrected chi connectivity index (χ3v) is 6.83. The highest BCUT2D eigenvalue weighted by molar-refractivity contribution is 6.60. The summed E-state index contributed by atoms with van der Waals surface area (Å²) in [5.41, 5.74) is 5.93. The molecule has 0 spiro atoms. The van der Waals surface area contributed by atoms with E-state index in [9.17, 15) is 0 Å². The Bertz CT molecular complexity index is 232.